The minimum atomic E-state index is -4.27. The standard InChI is InChI=1S/C26H20N4O5S2/c1-35-26(32)21-20(17-8-6-12-29-15-17)22(37(33,34)18-9-3-2-4-10-18)23(27)30-24(31)19(36-25(21)30)13-16-7-5-11-28-14-16/h2-15,20H,27H2,1H3/t20-/m1/s1. The van der Waals surface area contributed by atoms with E-state index in [2.05, 4.69) is 9.97 Å². The highest BCUT2D eigenvalue weighted by Gasteiger charge is 2.42. The van der Waals surface area contributed by atoms with E-state index in [1.165, 1.54) is 31.6 Å². The van der Waals surface area contributed by atoms with Crippen molar-refractivity contribution in [3.63, 3.8) is 0 Å². The summed E-state index contributed by atoms with van der Waals surface area (Å²) in [6.07, 6.45) is 7.79. The van der Waals surface area contributed by atoms with Crippen molar-refractivity contribution in [1.82, 2.24) is 14.5 Å². The van der Waals surface area contributed by atoms with Gasteiger partial charge < -0.3 is 10.5 Å². The number of aromatic nitrogens is 3. The van der Waals surface area contributed by atoms with E-state index < -0.39 is 27.3 Å². The van der Waals surface area contributed by atoms with Crippen LogP contribution in [0.1, 0.15) is 17.0 Å². The predicted octanol–water partition coefficient (Wildman–Crippen LogP) is 1.21. The number of benzene rings is 1. The fourth-order valence-electron chi connectivity index (χ4n) is 4.21. The van der Waals surface area contributed by atoms with Gasteiger partial charge >= 0.3 is 5.97 Å². The molecule has 5 rings (SSSR count). The summed E-state index contributed by atoms with van der Waals surface area (Å²) in [5.41, 5.74) is 6.99. The van der Waals surface area contributed by atoms with Crippen LogP contribution < -0.4 is 20.5 Å². The summed E-state index contributed by atoms with van der Waals surface area (Å²) in [4.78, 5) is 34.7. The smallest absolute Gasteiger partial charge is 0.337 e. The summed E-state index contributed by atoms with van der Waals surface area (Å²) in [6.45, 7) is 0. The average Bonchev–Trinajstić information content (AvgIpc) is 3.25. The fraction of sp³-hybridized carbons (Fsp3) is 0.0769. The van der Waals surface area contributed by atoms with Gasteiger partial charge in [0, 0.05) is 24.8 Å². The number of methoxy groups -OCH3 is 1. The van der Waals surface area contributed by atoms with E-state index in [1.807, 2.05) is 0 Å². The second-order valence-corrected chi connectivity index (χ2v) is 11.0. The first-order valence-corrected chi connectivity index (χ1v) is 13.3. The predicted molar refractivity (Wildman–Crippen MR) is 139 cm³/mol. The lowest BCUT2D eigenvalue weighted by molar-refractivity contribution is -0.134. The molecule has 0 amide bonds. The molecule has 3 aromatic heterocycles. The second-order valence-electron chi connectivity index (χ2n) is 8.03. The molecule has 0 saturated heterocycles. The first-order chi connectivity index (χ1) is 17.8. The molecule has 1 aromatic carbocycles. The Balaban J connectivity index is 1.93. The Morgan fingerprint density at radius 2 is 1.76 bits per heavy atom. The molecular formula is C26H20N4O5S2. The van der Waals surface area contributed by atoms with Crippen LogP contribution in [-0.2, 0) is 19.4 Å². The van der Waals surface area contributed by atoms with Gasteiger partial charge in [-0.1, -0.05) is 30.3 Å². The average molecular weight is 533 g/mol. The van der Waals surface area contributed by atoms with Gasteiger partial charge in [0.15, 0.2) is 0 Å². The number of fused-ring (bicyclic) bond motifs is 1. The third-order valence-corrected chi connectivity index (χ3v) is 8.87. The lowest BCUT2D eigenvalue weighted by Crippen LogP contribution is -2.41. The molecular weight excluding hydrogens is 512 g/mol. The first-order valence-electron chi connectivity index (χ1n) is 11.0. The van der Waals surface area contributed by atoms with Crippen molar-refractivity contribution in [2.75, 3.05) is 7.11 Å². The van der Waals surface area contributed by atoms with E-state index in [0.29, 0.717) is 11.1 Å². The molecule has 0 aliphatic carbocycles. The third kappa shape index (κ3) is 4.17. The first kappa shape index (κ1) is 24.3. The van der Waals surface area contributed by atoms with Crippen LogP contribution in [0.25, 0.3) is 17.5 Å². The molecule has 0 spiro atoms. The third-order valence-electron chi connectivity index (χ3n) is 5.85. The normalized spacial score (nSPS) is 16.0. The van der Waals surface area contributed by atoms with Gasteiger partial charge in [-0.2, -0.15) is 0 Å². The van der Waals surface area contributed by atoms with Crippen LogP contribution in [0.2, 0.25) is 0 Å². The number of carbonyl (C=O) groups excluding carboxylic acids is 1. The number of nitrogens with zero attached hydrogens (tertiary/aromatic N) is 3. The Bertz CT molecular complexity index is 1810. The molecule has 0 radical (unpaired) electrons. The molecule has 1 aliphatic rings. The Morgan fingerprint density at radius 3 is 2.38 bits per heavy atom. The van der Waals surface area contributed by atoms with Crippen LogP contribution in [0.15, 0.2) is 94.0 Å². The van der Waals surface area contributed by atoms with Crippen molar-refractivity contribution in [3.05, 3.63) is 115 Å². The van der Waals surface area contributed by atoms with Gasteiger partial charge in [0.1, 0.15) is 15.4 Å². The quantitative estimate of drug-likeness (QED) is 0.379. The molecule has 1 aliphatic heterocycles. The molecule has 4 aromatic rings. The van der Waals surface area contributed by atoms with Crippen LogP contribution in [0.5, 0.6) is 0 Å². The zero-order chi connectivity index (χ0) is 26.2. The Labute approximate surface area is 215 Å². The largest absolute Gasteiger partial charge is 0.466 e. The molecule has 2 N–H and O–H groups in total. The van der Waals surface area contributed by atoms with Crippen LogP contribution in [0, 0.1) is 0 Å². The van der Waals surface area contributed by atoms with Crippen molar-refractivity contribution in [2.45, 2.75) is 10.8 Å². The van der Waals surface area contributed by atoms with Crippen molar-refractivity contribution < 1.29 is 17.9 Å². The lowest BCUT2D eigenvalue weighted by Gasteiger charge is -2.27. The second kappa shape index (κ2) is 9.60. The highest BCUT2D eigenvalue weighted by molar-refractivity contribution is 7.95. The number of sulfone groups is 1. The molecule has 0 bridgehead atoms. The van der Waals surface area contributed by atoms with Crippen LogP contribution >= 0.6 is 11.3 Å². The summed E-state index contributed by atoms with van der Waals surface area (Å²) >= 11 is 1.02. The van der Waals surface area contributed by atoms with Crippen LogP contribution in [-0.4, -0.2) is 36.0 Å². The number of ether oxygens (including phenoxy) is 1. The number of carbonyl (C=O) groups is 1. The van der Waals surface area contributed by atoms with Crippen molar-refractivity contribution >= 4 is 44.6 Å². The van der Waals surface area contributed by atoms with Crippen molar-refractivity contribution in [3.8, 4) is 0 Å². The SMILES string of the molecule is COC(=O)C1=c2sc(=Cc3cccnc3)c(=O)n2C(N)=C(S(=O)(=O)c2ccccc2)[C@@H]1c1cccnc1. The van der Waals surface area contributed by atoms with Crippen LogP contribution in [0.3, 0.4) is 0 Å². The number of hydrogen-bond donors (Lipinski definition) is 1. The molecule has 0 fully saturated rings. The summed E-state index contributed by atoms with van der Waals surface area (Å²) < 4.78 is 34.6. The summed E-state index contributed by atoms with van der Waals surface area (Å²) in [5, 5.41) is 0. The summed E-state index contributed by atoms with van der Waals surface area (Å²) in [6, 6.07) is 14.5. The van der Waals surface area contributed by atoms with E-state index in [9.17, 15) is 18.0 Å². The Morgan fingerprint density at radius 1 is 1.05 bits per heavy atom. The number of allylic oxidation sites excluding steroid dienone is 1. The monoisotopic (exact) mass is 532 g/mol. The highest BCUT2D eigenvalue weighted by atomic mass is 32.2. The molecule has 1 atom stereocenters. The lowest BCUT2D eigenvalue weighted by atomic mass is 9.90. The molecule has 9 nitrogen and oxygen atoms in total. The summed E-state index contributed by atoms with van der Waals surface area (Å²) in [5.74, 6) is -2.23. The molecule has 37 heavy (non-hydrogen) atoms. The minimum absolute atomic E-state index is 0.0212. The van der Waals surface area contributed by atoms with E-state index in [0.717, 1.165) is 15.9 Å². The highest BCUT2D eigenvalue weighted by Crippen LogP contribution is 2.41. The molecule has 0 unspecified atom stereocenters. The maximum absolute atomic E-state index is 14.0. The van der Waals surface area contributed by atoms with Gasteiger partial charge in [0.05, 0.1) is 28.0 Å². The maximum Gasteiger partial charge on any atom is 0.337 e. The molecule has 186 valence electrons. The molecule has 4 heterocycles. The number of hydrogen-bond acceptors (Lipinski definition) is 9. The van der Waals surface area contributed by atoms with Crippen molar-refractivity contribution in [2.24, 2.45) is 5.73 Å². The minimum Gasteiger partial charge on any atom is -0.466 e. The number of pyridine rings is 2. The zero-order valence-corrected chi connectivity index (χ0v) is 21.1. The van der Waals surface area contributed by atoms with Gasteiger partial charge in [0.2, 0.25) is 9.84 Å². The van der Waals surface area contributed by atoms with Gasteiger partial charge in [0.25, 0.3) is 5.56 Å². The van der Waals surface area contributed by atoms with E-state index in [1.54, 1.807) is 60.9 Å². The van der Waals surface area contributed by atoms with Crippen LogP contribution in [0.4, 0.5) is 0 Å². The van der Waals surface area contributed by atoms with E-state index in [4.69, 9.17) is 10.5 Å². The van der Waals surface area contributed by atoms with E-state index in [-0.39, 0.29) is 30.4 Å². The van der Waals surface area contributed by atoms with Gasteiger partial charge in [-0.05, 0) is 41.5 Å². The Kier molecular flexibility index (Phi) is 6.32. The van der Waals surface area contributed by atoms with Gasteiger partial charge in [-0.3, -0.25) is 19.3 Å². The fourth-order valence-corrected chi connectivity index (χ4v) is 7.07. The number of nitrogens with two attached hydrogens (primary N) is 1. The van der Waals surface area contributed by atoms with Crippen molar-refractivity contribution in [1.29, 1.82) is 0 Å². The van der Waals surface area contributed by atoms with Gasteiger partial charge in [-0.25, -0.2) is 13.2 Å². The van der Waals surface area contributed by atoms with Gasteiger partial charge in [-0.15, -0.1) is 11.3 Å². The molecule has 0 saturated carbocycles. The molecule has 11 heteroatoms. The number of esters is 1. The topological polar surface area (TPSA) is 134 Å². The van der Waals surface area contributed by atoms with E-state index >= 15 is 0 Å². The Hall–Kier alpha value is -4.35. The number of rotatable bonds is 5. The summed E-state index contributed by atoms with van der Waals surface area (Å²) in [7, 11) is -3.07. The maximum atomic E-state index is 14.0. The zero-order valence-electron chi connectivity index (χ0n) is 19.4. The number of thiazole rings is 1.